The van der Waals surface area contributed by atoms with Gasteiger partial charge >= 0.3 is 0 Å². The second-order valence-corrected chi connectivity index (χ2v) is 4.44. The standard InChI is InChI=1S/C17H16N2/c1-2-19-16(14-9-5-3-6-10-14)13-18-17(19)15-11-7-4-8-12-15/h3-13H,2H2,1H3. The summed E-state index contributed by atoms with van der Waals surface area (Å²) in [4.78, 5) is 4.60. The highest BCUT2D eigenvalue weighted by atomic mass is 15.1. The zero-order valence-corrected chi connectivity index (χ0v) is 11.0. The smallest absolute Gasteiger partial charge is 0.140 e. The molecule has 19 heavy (non-hydrogen) atoms. The van der Waals surface area contributed by atoms with Gasteiger partial charge in [-0.05, 0) is 12.5 Å². The Kier molecular flexibility index (Phi) is 3.15. The van der Waals surface area contributed by atoms with E-state index in [1.54, 1.807) is 0 Å². The van der Waals surface area contributed by atoms with E-state index in [1.807, 2.05) is 30.5 Å². The van der Waals surface area contributed by atoms with E-state index in [2.05, 4.69) is 52.9 Å². The molecule has 0 bridgehead atoms. The van der Waals surface area contributed by atoms with Gasteiger partial charge in [0.15, 0.2) is 0 Å². The van der Waals surface area contributed by atoms with Gasteiger partial charge in [-0.3, -0.25) is 0 Å². The second kappa shape index (κ2) is 5.11. The molecule has 0 aliphatic rings. The summed E-state index contributed by atoms with van der Waals surface area (Å²) < 4.78 is 2.25. The van der Waals surface area contributed by atoms with Crippen molar-refractivity contribution in [3.8, 4) is 22.6 Å². The van der Waals surface area contributed by atoms with Crippen LogP contribution >= 0.6 is 0 Å². The average molecular weight is 248 g/mol. The number of nitrogens with zero attached hydrogens (tertiary/aromatic N) is 2. The van der Waals surface area contributed by atoms with Crippen molar-refractivity contribution >= 4 is 0 Å². The van der Waals surface area contributed by atoms with Crippen molar-refractivity contribution in [3.05, 3.63) is 66.9 Å². The van der Waals surface area contributed by atoms with Crippen LogP contribution in [0.25, 0.3) is 22.6 Å². The van der Waals surface area contributed by atoms with Crippen molar-refractivity contribution < 1.29 is 0 Å². The summed E-state index contributed by atoms with van der Waals surface area (Å²) in [5.41, 5.74) is 3.53. The molecule has 2 heteroatoms. The summed E-state index contributed by atoms with van der Waals surface area (Å²) >= 11 is 0. The monoisotopic (exact) mass is 248 g/mol. The summed E-state index contributed by atoms with van der Waals surface area (Å²) in [6.07, 6.45) is 1.96. The molecule has 1 aromatic heterocycles. The first-order valence-corrected chi connectivity index (χ1v) is 6.56. The lowest BCUT2D eigenvalue weighted by Crippen LogP contribution is -1.99. The molecule has 0 atom stereocenters. The van der Waals surface area contributed by atoms with Gasteiger partial charge in [0.25, 0.3) is 0 Å². The Morgan fingerprint density at radius 1 is 0.842 bits per heavy atom. The number of imidazole rings is 1. The van der Waals surface area contributed by atoms with Gasteiger partial charge in [-0.15, -0.1) is 0 Å². The molecule has 0 saturated carbocycles. The third-order valence-electron chi connectivity index (χ3n) is 3.27. The van der Waals surface area contributed by atoms with Crippen LogP contribution in [0.4, 0.5) is 0 Å². The van der Waals surface area contributed by atoms with E-state index in [-0.39, 0.29) is 0 Å². The topological polar surface area (TPSA) is 17.8 Å². The molecule has 0 aliphatic heterocycles. The van der Waals surface area contributed by atoms with E-state index >= 15 is 0 Å². The summed E-state index contributed by atoms with van der Waals surface area (Å²) in [7, 11) is 0. The maximum absolute atomic E-state index is 4.60. The van der Waals surface area contributed by atoms with Crippen LogP contribution in [0.3, 0.4) is 0 Å². The molecule has 0 fully saturated rings. The van der Waals surface area contributed by atoms with Crippen LogP contribution in [0.15, 0.2) is 66.9 Å². The predicted molar refractivity (Wildman–Crippen MR) is 78.8 cm³/mol. The molecule has 94 valence electrons. The van der Waals surface area contributed by atoms with Crippen molar-refractivity contribution in [2.24, 2.45) is 0 Å². The lowest BCUT2D eigenvalue weighted by molar-refractivity contribution is 0.778. The largest absolute Gasteiger partial charge is 0.324 e. The fourth-order valence-electron chi connectivity index (χ4n) is 2.35. The van der Waals surface area contributed by atoms with E-state index in [0.717, 1.165) is 17.9 Å². The minimum Gasteiger partial charge on any atom is -0.324 e. The van der Waals surface area contributed by atoms with Crippen LogP contribution in [0.2, 0.25) is 0 Å². The summed E-state index contributed by atoms with van der Waals surface area (Å²) in [5.74, 6) is 1.03. The van der Waals surface area contributed by atoms with E-state index in [4.69, 9.17) is 0 Å². The molecule has 0 radical (unpaired) electrons. The SMILES string of the molecule is CCn1c(-c2ccccc2)cnc1-c1ccccc1. The Morgan fingerprint density at radius 3 is 2.00 bits per heavy atom. The van der Waals surface area contributed by atoms with Crippen LogP contribution in [0.1, 0.15) is 6.92 Å². The molecular weight excluding hydrogens is 232 g/mol. The van der Waals surface area contributed by atoms with Crippen LogP contribution in [-0.2, 0) is 6.54 Å². The molecule has 2 nitrogen and oxygen atoms in total. The lowest BCUT2D eigenvalue weighted by atomic mass is 10.1. The van der Waals surface area contributed by atoms with Crippen molar-refractivity contribution in [1.82, 2.24) is 9.55 Å². The fraction of sp³-hybridized carbons (Fsp3) is 0.118. The van der Waals surface area contributed by atoms with Crippen molar-refractivity contribution in [2.45, 2.75) is 13.5 Å². The van der Waals surface area contributed by atoms with Gasteiger partial charge < -0.3 is 4.57 Å². The Balaban J connectivity index is 2.13. The number of rotatable bonds is 3. The first-order chi connectivity index (χ1) is 9.40. The predicted octanol–water partition coefficient (Wildman–Crippen LogP) is 4.24. The van der Waals surface area contributed by atoms with Crippen molar-refractivity contribution in [1.29, 1.82) is 0 Å². The minimum atomic E-state index is 0.911. The molecule has 0 saturated heterocycles. The first kappa shape index (κ1) is 11.7. The zero-order chi connectivity index (χ0) is 13.1. The van der Waals surface area contributed by atoms with E-state index < -0.39 is 0 Å². The van der Waals surface area contributed by atoms with Crippen molar-refractivity contribution in [2.75, 3.05) is 0 Å². The molecule has 3 aromatic rings. The van der Waals surface area contributed by atoms with Gasteiger partial charge in [-0.1, -0.05) is 60.7 Å². The van der Waals surface area contributed by atoms with E-state index in [0.29, 0.717) is 0 Å². The van der Waals surface area contributed by atoms with Gasteiger partial charge in [0.05, 0.1) is 11.9 Å². The molecule has 0 unspecified atom stereocenters. The number of hydrogen-bond acceptors (Lipinski definition) is 1. The molecule has 0 spiro atoms. The number of aromatic nitrogens is 2. The highest BCUT2D eigenvalue weighted by molar-refractivity contribution is 5.65. The second-order valence-electron chi connectivity index (χ2n) is 4.44. The van der Waals surface area contributed by atoms with Gasteiger partial charge in [-0.25, -0.2) is 4.98 Å². The van der Waals surface area contributed by atoms with Crippen LogP contribution in [0.5, 0.6) is 0 Å². The Morgan fingerprint density at radius 2 is 1.42 bits per heavy atom. The van der Waals surface area contributed by atoms with Crippen molar-refractivity contribution in [3.63, 3.8) is 0 Å². The maximum atomic E-state index is 4.60. The first-order valence-electron chi connectivity index (χ1n) is 6.56. The highest BCUT2D eigenvalue weighted by Gasteiger charge is 2.11. The van der Waals surface area contributed by atoms with Gasteiger partial charge in [0.1, 0.15) is 5.82 Å². The number of hydrogen-bond donors (Lipinski definition) is 0. The maximum Gasteiger partial charge on any atom is 0.140 e. The molecule has 3 rings (SSSR count). The van der Waals surface area contributed by atoms with Gasteiger partial charge in [0, 0.05) is 12.1 Å². The minimum absolute atomic E-state index is 0.911. The Labute approximate surface area is 113 Å². The molecule has 0 N–H and O–H groups in total. The normalized spacial score (nSPS) is 10.6. The summed E-state index contributed by atoms with van der Waals surface area (Å²) in [5, 5.41) is 0. The molecule has 1 heterocycles. The molecular formula is C17H16N2. The van der Waals surface area contributed by atoms with Crippen LogP contribution in [0, 0.1) is 0 Å². The third-order valence-corrected chi connectivity index (χ3v) is 3.27. The number of benzene rings is 2. The Bertz CT molecular complexity index is 597. The Hall–Kier alpha value is -2.35. The summed E-state index contributed by atoms with van der Waals surface area (Å²) in [6, 6.07) is 20.7. The van der Waals surface area contributed by atoms with Crippen LogP contribution < -0.4 is 0 Å². The van der Waals surface area contributed by atoms with E-state index in [9.17, 15) is 0 Å². The quantitative estimate of drug-likeness (QED) is 0.678. The third kappa shape index (κ3) is 2.17. The lowest BCUT2D eigenvalue weighted by Gasteiger charge is -2.09. The van der Waals surface area contributed by atoms with Gasteiger partial charge in [0.2, 0.25) is 0 Å². The highest BCUT2D eigenvalue weighted by Crippen LogP contribution is 2.26. The molecule has 0 aliphatic carbocycles. The van der Waals surface area contributed by atoms with E-state index in [1.165, 1.54) is 11.3 Å². The van der Waals surface area contributed by atoms with Gasteiger partial charge in [-0.2, -0.15) is 0 Å². The molecule has 0 amide bonds. The summed E-state index contributed by atoms with van der Waals surface area (Å²) in [6.45, 7) is 3.06. The fourth-order valence-corrected chi connectivity index (χ4v) is 2.35. The van der Waals surface area contributed by atoms with Crippen LogP contribution in [-0.4, -0.2) is 9.55 Å². The molecule has 2 aromatic carbocycles. The zero-order valence-electron chi connectivity index (χ0n) is 11.0. The average Bonchev–Trinajstić information content (AvgIpc) is 2.93.